The van der Waals surface area contributed by atoms with Crippen molar-refractivity contribution < 1.29 is 27.4 Å². The molecule has 1 amide bonds. The summed E-state index contributed by atoms with van der Waals surface area (Å²) in [5.41, 5.74) is 2.41. The van der Waals surface area contributed by atoms with Crippen LogP contribution in [0, 0.1) is 6.92 Å². The Morgan fingerprint density at radius 2 is 2.06 bits per heavy atom. The quantitative estimate of drug-likeness (QED) is 0.559. The van der Waals surface area contributed by atoms with E-state index in [9.17, 15) is 18.0 Å². The van der Waals surface area contributed by atoms with Crippen LogP contribution in [0.5, 0.6) is 5.75 Å². The van der Waals surface area contributed by atoms with Crippen molar-refractivity contribution in [1.29, 1.82) is 0 Å². The fourth-order valence-electron chi connectivity index (χ4n) is 4.66. The standard InChI is InChI=1S/C23H22F3N5O3/c1-3-34-17-7-15(8-27-10-17)18-6-14(2)19-20(29-18)22(4-5-33-13-22)31(21(19)32)16-9-28-30(11-16)12-23(24,25)26/h6-11H,3-5,12-13H2,1-2H3. The molecule has 1 spiro atoms. The predicted octanol–water partition coefficient (Wildman–Crippen LogP) is 3.89. The van der Waals surface area contributed by atoms with Gasteiger partial charge in [-0.05, 0) is 31.5 Å². The van der Waals surface area contributed by atoms with Crippen molar-refractivity contribution in [3.63, 3.8) is 0 Å². The first-order chi connectivity index (χ1) is 16.2. The smallest absolute Gasteiger partial charge is 0.408 e. The van der Waals surface area contributed by atoms with Gasteiger partial charge >= 0.3 is 6.18 Å². The van der Waals surface area contributed by atoms with Gasteiger partial charge in [0.2, 0.25) is 0 Å². The van der Waals surface area contributed by atoms with Crippen LogP contribution in [0.3, 0.4) is 0 Å². The highest BCUT2D eigenvalue weighted by Crippen LogP contribution is 2.48. The molecule has 0 N–H and O–H groups in total. The van der Waals surface area contributed by atoms with E-state index >= 15 is 0 Å². The Bertz CT molecular complexity index is 1250. The number of aromatic nitrogens is 4. The van der Waals surface area contributed by atoms with E-state index in [2.05, 4.69) is 10.1 Å². The maximum absolute atomic E-state index is 13.6. The Kier molecular flexibility index (Phi) is 5.31. The highest BCUT2D eigenvalue weighted by Gasteiger charge is 2.55. The van der Waals surface area contributed by atoms with Gasteiger partial charge in [0.1, 0.15) is 17.8 Å². The normalized spacial score (nSPS) is 19.8. The van der Waals surface area contributed by atoms with E-state index in [1.54, 1.807) is 12.4 Å². The second-order valence-corrected chi connectivity index (χ2v) is 8.38. The number of anilines is 1. The summed E-state index contributed by atoms with van der Waals surface area (Å²) in [7, 11) is 0. The van der Waals surface area contributed by atoms with Crippen molar-refractivity contribution in [1.82, 2.24) is 19.7 Å². The molecule has 11 heteroatoms. The molecule has 0 radical (unpaired) electrons. The topological polar surface area (TPSA) is 82.4 Å². The lowest BCUT2D eigenvalue weighted by atomic mass is 9.91. The highest BCUT2D eigenvalue weighted by molar-refractivity contribution is 6.12. The average molecular weight is 473 g/mol. The van der Waals surface area contributed by atoms with Crippen LogP contribution in [0.15, 0.2) is 36.9 Å². The minimum atomic E-state index is -4.42. The van der Waals surface area contributed by atoms with Crippen molar-refractivity contribution in [3.8, 4) is 17.0 Å². The highest BCUT2D eigenvalue weighted by atomic mass is 19.4. The van der Waals surface area contributed by atoms with Gasteiger partial charge in [-0.25, -0.2) is 4.98 Å². The van der Waals surface area contributed by atoms with Crippen LogP contribution in [0.2, 0.25) is 0 Å². The molecule has 0 aromatic carbocycles. The van der Waals surface area contributed by atoms with Gasteiger partial charge in [0.05, 0.1) is 48.2 Å². The SMILES string of the molecule is CCOc1cncc(-c2cc(C)c3c(n2)C2(CCOC2)N(c2cnn(CC(F)(F)F)c2)C3=O)c1. The number of halogens is 3. The Balaban J connectivity index is 1.60. The van der Waals surface area contributed by atoms with Gasteiger partial charge in [-0.1, -0.05) is 0 Å². The van der Waals surface area contributed by atoms with Gasteiger partial charge in [0.25, 0.3) is 5.91 Å². The molecule has 5 heterocycles. The molecule has 8 nitrogen and oxygen atoms in total. The summed E-state index contributed by atoms with van der Waals surface area (Å²) in [6.07, 6.45) is 1.84. The van der Waals surface area contributed by atoms with E-state index in [4.69, 9.17) is 14.5 Å². The maximum Gasteiger partial charge on any atom is 0.408 e. The molecule has 0 saturated carbocycles. The molecule has 3 aromatic heterocycles. The molecule has 3 aromatic rings. The number of rotatable bonds is 5. The number of ether oxygens (including phenoxy) is 2. The minimum absolute atomic E-state index is 0.184. The first kappa shape index (κ1) is 22.3. The molecule has 5 rings (SSSR count). The molecule has 1 atom stereocenters. The van der Waals surface area contributed by atoms with Crippen molar-refractivity contribution >= 4 is 11.6 Å². The van der Waals surface area contributed by atoms with Gasteiger partial charge in [-0.15, -0.1) is 0 Å². The number of amides is 1. The first-order valence-electron chi connectivity index (χ1n) is 10.8. The fourth-order valence-corrected chi connectivity index (χ4v) is 4.66. The summed E-state index contributed by atoms with van der Waals surface area (Å²) in [5.74, 6) is 0.276. The zero-order valence-electron chi connectivity index (χ0n) is 18.6. The molecule has 1 unspecified atom stereocenters. The summed E-state index contributed by atoms with van der Waals surface area (Å²) >= 11 is 0. The van der Waals surface area contributed by atoms with Crippen molar-refractivity contribution in [2.24, 2.45) is 0 Å². The average Bonchev–Trinajstić information content (AvgIpc) is 3.48. The molecule has 34 heavy (non-hydrogen) atoms. The van der Waals surface area contributed by atoms with Crippen LogP contribution in [-0.4, -0.2) is 51.7 Å². The Morgan fingerprint density at radius 3 is 2.76 bits per heavy atom. The monoisotopic (exact) mass is 473 g/mol. The van der Waals surface area contributed by atoms with Crippen molar-refractivity contribution in [3.05, 3.63) is 53.7 Å². The Hall–Kier alpha value is -3.47. The molecular weight excluding hydrogens is 451 g/mol. The third-order valence-corrected chi connectivity index (χ3v) is 6.04. The Morgan fingerprint density at radius 1 is 1.24 bits per heavy atom. The second kappa shape index (κ2) is 8.08. The number of hydrogen-bond donors (Lipinski definition) is 0. The van der Waals surface area contributed by atoms with Crippen LogP contribution in [-0.2, 0) is 16.8 Å². The van der Waals surface area contributed by atoms with Crippen molar-refractivity contribution in [2.75, 3.05) is 24.7 Å². The lowest BCUT2D eigenvalue weighted by Crippen LogP contribution is -2.45. The summed E-state index contributed by atoms with van der Waals surface area (Å²) < 4.78 is 50.6. The van der Waals surface area contributed by atoms with Gasteiger partial charge < -0.3 is 9.47 Å². The summed E-state index contributed by atoms with van der Waals surface area (Å²) in [6.45, 7) is 3.53. The predicted molar refractivity (Wildman–Crippen MR) is 116 cm³/mol. The zero-order valence-corrected chi connectivity index (χ0v) is 18.6. The second-order valence-electron chi connectivity index (χ2n) is 8.38. The van der Waals surface area contributed by atoms with Gasteiger partial charge in [-0.3, -0.25) is 19.4 Å². The molecule has 1 fully saturated rings. The number of alkyl halides is 3. The number of carbonyl (C=O) groups is 1. The van der Waals surface area contributed by atoms with Crippen LogP contribution >= 0.6 is 0 Å². The van der Waals surface area contributed by atoms with Gasteiger partial charge in [0.15, 0.2) is 0 Å². The third-order valence-electron chi connectivity index (χ3n) is 6.04. The molecule has 2 aliphatic heterocycles. The van der Waals surface area contributed by atoms with E-state index < -0.39 is 18.3 Å². The lowest BCUT2D eigenvalue weighted by molar-refractivity contribution is -0.142. The van der Waals surface area contributed by atoms with E-state index in [0.29, 0.717) is 47.9 Å². The molecule has 0 aliphatic carbocycles. The van der Waals surface area contributed by atoms with E-state index in [0.717, 1.165) is 10.2 Å². The Labute approximate surface area is 193 Å². The largest absolute Gasteiger partial charge is 0.492 e. The van der Waals surface area contributed by atoms with E-state index in [1.807, 2.05) is 26.0 Å². The summed E-state index contributed by atoms with van der Waals surface area (Å²) in [4.78, 5) is 24.2. The van der Waals surface area contributed by atoms with Crippen LogP contribution in [0.25, 0.3) is 11.3 Å². The number of carbonyl (C=O) groups excluding carboxylic acids is 1. The van der Waals surface area contributed by atoms with Gasteiger partial charge in [-0.2, -0.15) is 18.3 Å². The van der Waals surface area contributed by atoms with Crippen LogP contribution in [0.4, 0.5) is 18.9 Å². The number of fused-ring (bicyclic) bond motifs is 2. The first-order valence-corrected chi connectivity index (χ1v) is 10.8. The third kappa shape index (κ3) is 3.69. The van der Waals surface area contributed by atoms with E-state index in [1.165, 1.54) is 17.3 Å². The number of pyridine rings is 2. The van der Waals surface area contributed by atoms with Crippen LogP contribution < -0.4 is 9.64 Å². The zero-order chi connectivity index (χ0) is 24.1. The number of aryl methyl sites for hydroxylation is 1. The minimum Gasteiger partial charge on any atom is -0.492 e. The fraction of sp³-hybridized carbons (Fsp3) is 0.391. The molecule has 2 aliphatic rings. The summed E-state index contributed by atoms with van der Waals surface area (Å²) in [5, 5.41) is 3.83. The molecule has 0 bridgehead atoms. The van der Waals surface area contributed by atoms with Crippen molar-refractivity contribution in [2.45, 2.75) is 38.5 Å². The van der Waals surface area contributed by atoms with E-state index in [-0.39, 0.29) is 18.2 Å². The maximum atomic E-state index is 13.6. The number of nitrogens with zero attached hydrogens (tertiary/aromatic N) is 5. The van der Waals surface area contributed by atoms with Crippen LogP contribution in [0.1, 0.15) is 35.0 Å². The van der Waals surface area contributed by atoms with Gasteiger partial charge in [0, 0.05) is 31.0 Å². The molecular formula is C23H22F3N5O3. The molecule has 1 saturated heterocycles. The lowest BCUT2D eigenvalue weighted by Gasteiger charge is -2.32. The summed E-state index contributed by atoms with van der Waals surface area (Å²) in [6, 6.07) is 3.64. The molecule has 178 valence electrons. The number of hydrogen-bond acceptors (Lipinski definition) is 6.